The van der Waals surface area contributed by atoms with Gasteiger partial charge in [-0.25, -0.2) is 4.98 Å². The highest BCUT2D eigenvalue weighted by Crippen LogP contribution is 2.26. The van der Waals surface area contributed by atoms with Gasteiger partial charge in [0.25, 0.3) is 5.91 Å². The number of rotatable bonds is 5. The third kappa shape index (κ3) is 4.10. The summed E-state index contributed by atoms with van der Waals surface area (Å²) in [6.45, 7) is 9.01. The van der Waals surface area contributed by atoms with Crippen LogP contribution in [0.5, 0.6) is 0 Å². The highest BCUT2D eigenvalue weighted by atomic mass is 35.5. The lowest BCUT2D eigenvalue weighted by atomic mass is 9.95. The summed E-state index contributed by atoms with van der Waals surface area (Å²) in [6, 6.07) is 3.45. The maximum absolute atomic E-state index is 12.6. The van der Waals surface area contributed by atoms with Gasteiger partial charge in [0, 0.05) is 25.2 Å². The minimum Gasteiger partial charge on any atom is -0.370 e. The Balaban J connectivity index is 2.10. The fourth-order valence-electron chi connectivity index (χ4n) is 2.66. The first-order valence-electron chi connectivity index (χ1n) is 7.72. The van der Waals surface area contributed by atoms with Crippen LogP contribution < -0.4 is 5.32 Å². The van der Waals surface area contributed by atoms with Gasteiger partial charge in [-0.1, -0.05) is 32.4 Å². The van der Waals surface area contributed by atoms with E-state index in [0.717, 1.165) is 32.5 Å². The quantitative estimate of drug-likeness (QED) is 0.844. The molecule has 0 bridgehead atoms. The van der Waals surface area contributed by atoms with Crippen molar-refractivity contribution in [2.75, 3.05) is 25.0 Å². The molecule has 0 aliphatic carbocycles. The predicted molar refractivity (Wildman–Crippen MR) is 86.9 cm³/mol. The van der Waals surface area contributed by atoms with Crippen molar-refractivity contribution < 1.29 is 4.79 Å². The third-order valence-corrected chi connectivity index (χ3v) is 4.25. The first kappa shape index (κ1) is 16.1. The second-order valence-electron chi connectivity index (χ2n) is 6.03. The van der Waals surface area contributed by atoms with Gasteiger partial charge in [-0.15, -0.1) is 0 Å². The van der Waals surface area contributed by atoms with Crippen LogP contribution in [-0.2, 0) is 0 Å². The molecule has 1 aromatic heterocycles. The Kier molecular flexibility index (Phi) is 5.45. The number of hydrogen-bond acceptors (Lipinski definition) is 3. The summed E-state index contributed by atoms with van der Waals surface area (Å²) in [5.74, 6) is 1.95. The van der Waals surface area contributed by atoms with Crippen LogP contribution in [0.15, 0.2) is 12.1 Å². The lowest BCUT2D eigenvalue weighted by molar-refractivity contribution is 0.0784. The van der Waals surface area contributed by atoms with Crippen molar-refractivity contribution in [1.82, 2.24) is 9.88 Å². The Morgan fingerprint density at radius 1 is 1.52 bits per heavy atom. The minimum absolute atomic E-state index is 0.0574. The first-order chi connectivity index (χ1) is 10.0. The summed E-state index contributed by atoms with van der Waals surface area (Å²) in [6.07, 6.45) is 2.09. The van der Waals surface area contributed by atoms with E-state index in [1.165, 1.54) is 0 Å². The molecule has 1 aliphatic heterocycles. The molecule has 1 fully saturated rings. The van der Waals surface area contributed by atoms with Crippen LogP contribution in [-0.4, -0.2) is 35.4 Å². The summed E-state index contributed by atoms with van der Waals surface area (Å²) < 4.78 is 0. The Labute approximate surface area is 131 Å². The van der Waals surface area contributed by atoms with Crippen molar-refractivity contribution in [3.8, 4) is 0 Å². The van der Waals surface area contributed by atoms with E-state index in [1.807, 2.05) is 4.90 Å². The van der Waals surface area contributed by atoms with Crippen molar-refractivity contribution in [2.45, 2.75) is 33.6 Å². The van der Waals surface area contributed by atoms with Gasteiger partial charge in [0.15, 0.2) is 0 Å². The molecule has 0 aromatic carbocycles. The molecule has 5 heteroatoms. The van der Waals surface area contributed by atoms with Crippen LogP contribution in [0.4, 0.5) is 5.82 Å². The maximum atomic E-state index is 12.6. The topological polar surface area (TPSA) is 45.2 Å². The zero-order chi connectivity index (χ0) is 15.4. The van der Waals surface area contributed by atoms with Crippen molar-refractivity contribution >= 4 is 23.3 Å². The van der Waals surface area contributed by atoms with E-state index in [0.29, 0.717) is 28.4 Å². The fraction of sp³-hybridized carbons (Fsp3) is 0.625. The SMILES string of the molecule is CCCNc1cc(C(=O)N2CCC(C(C)C)C2)cc(Cl)n1. The summed E-state index contributed by atoms with van der Waals surface area (Å²) in [5.41, 5.74) is 0.623. The standard InChI is InChI=1S/C16H24ClN3O/c1-4-6-18-15-9-13(8-14(17)19-15)16(21)20-7-5-12(10-20)11(2)3/h8-9,11-12H,4-7,10H2,1-3H3,(H,18,19). The number of nitrogens with one attached hydrogen (secondary N) is 1. The van der Waals surface area contributed by atoms with Crippen LogP contribution in [0.25, 0.3) is 0 Å². The number of likely N-dealkylation sites (tertiary alicyclic amines) is 1. The van der Waals surface area contributed by atoms with Gasteiger partial charge in [-0.3, -0.25) is 4.79 Å². The molecule has 1 amide bonds. The summed E-state index contributed by atoms with van der Waals surface area (Å²) in [5, 5.41) is 3.54. The predicted octanol–water partition coefficient (Wildman–Crippen LogP) is 3.68. The largest absolute Gasteiger partial charge is 0.370 e. The molecule has 21 heavy (non-hydrogen) atoms. The van der Waals surface area contributed by atoms with Gasteiger partial charge in [0.05, 0.1) is 0 Å². The van der Waals surface area contributed by atoms with Crippen LogP contribution in [0.3, 0.4) is 0 Å². The summed E-state index contributed by atoms with van der Waals surface area (Å²) in [7, 11) is 0. The molecule has 2 heterocycles. The van der Waals surface area contributed by atoms with Gasteiger partial charge in [-0.05, 0) is 36.8 Å². The zero-order valence-corrected chi connectivity index (χ0v) is 13.8. The number of halogens is 1. The van der Waals surface area contributed by atoms with Crippen molar-refractivity contribution in [2.24, 2.45) is 11.8 Å². The molecule has 0 saturated carbocycles. The molecule has 1 aliphatic rings. The monoisotopic (exact) mass is 309 g/mol. The highest BCUT2D eigenvalue weighted by Gasteiger charge is 2.28. The molecule has 1 saturated heterocycles. The van der Waals surface area contributed by atoms with E-state index in [2.05, 4.69) is 31.1 Å². The molecule has 116 valence electrons. The van der Waals surface area contributed by atoms with Crippen LogP contribution in [0.1, 0.15) is 44.0 Å². The normalized spacial score (nSPS) is 18.3. The van der Waals surface area contributed by atoms with Gasteiger partial charge in [0.1, 0.15) is 11.0 Å². The number of nitrogens with zero attached hydrogens (tertiary/aromatic N) is 2. The average Bonchev–Trinajstić information content (AvgIpc) is 2.93. The van der Waals surface area contributed by atoms with Gasteiger partial charge >= 0.3 is 0 Å². The molecule has 4 nitrogen and oxygen atoms in total. The van der Waals surface area contributed by atoms with Gasteiger partial charge in [0.2, 0.25) is 0 Å². The molecule has 1 atom stereocenters. The Hall–Kier alpha value is -1.29. The minimum atomic E-state index is 0.0574. The zero-order valence-electron chi connectivity index (χ0n) is 13.0. The Bertz CT molecular complexity index is 504. The number of carbonyl (C=O) groups excluding carboxylic acids is 1. The van der Waals surface area contributed by atoms with Crippen molar-refractivity contribution in [3.63, 3.8) is 0 Å². The number of hydrogen-bond donors (Lipinski definition) is 1. The average molecular weight is 310 g/mol. The van der Waals surface area contributed by atoms with E-state index in [1.54, 1.807) is 12.1 Å². The molecule has 0 radical (unpaired) electrons. The maximum Gasteiger partial charge on any atom is 0.254 e. The summed E-state index contributed by atoms with van der Waals surface area (Å²) >= 11 is 6.04. The number of carbonyl (C=O) groups is 1. The number of aromatic nitrogens is 1. The third-order valence-electron chi connectivity index (χ3n) is 4.05. The van der Waals surface area contributed by atoms with Crippen molar-refractivity contribution in [3.05, 3.63) is 22.8 Å². The molecule has 1 unspecified atom stereocenters. The van der Waals surface area contributed by atoms with E-state index in [9.17, 15) is 4.79 Å². The lowest BCUT2D eigenvalue weighted by Crippen LogP contribution is -2.29. The van der Waals surface area contributed by atoms with Crippen LogP contribution >= 0.6 is 11.6 Å². The molecule has 0 spiro atoms. The number of amides is 1. The second-order valence-corrected chi connectivity index (χ2v) is 6.42. The Morgan fingerprint density at radius 3 is 2.90 bits per heavy atom. The van der Waals surface area contributed by atoms with E-state index in [-0.39, 0.29) is 5.91 Å². The fourth-order valence-corrected chi connectivity index (χ4v) is 2.87. The van der Waals surface area contributed by atoms with Gasteiger partial charge in [-0.2, -0.15) is 0 Å². The highest BCUT2D eigenvalue weighted by molar-refractivity contribution is 6.29. The number of pyridine rings is 1. The van der Waals surface area contributed by atoms with E-state index < -0.39 is 0 Å². The smallest absolute Gasteiger partial charge is 0.254 e. The Morgan fingerprint density at radius 2 is 2.29 bits per heavy atom. The van der Waals surface area contributed by atoms with Crippen molar-refractivity contribution in [1.29, 1.82) is 0 Å². The molecule has 2 rings (SSSR count). The van der Waals surface area contributed by atoms with Crippen LogP contribution in [0, 0.1) is 11.8 Å². The number of anilines is 1. The van der Waals surface area contributed by atoms with Gasteiger partial charge < -0.3 is 10.2 Å². The molecule has 1 N–H and O–H groups in total. The lowest BCUT2D eigenvalue weighted by Gasteiger charge is -2.18. The molecule has 1 aromatic rings. The van der Waals surface area contributed by atoms with E-state index >= 15 is 0 Å². The first-order valence-corrected chi connectivity index (χ1v) is 8.09. The molecular weight excluding hydrogens is 286 g/mol. The van der Waals surface area contributed by atoms with Crippen LogP contribution in [0.2, 0.25) is 5.15 Å². The molecular formula is C16H24ClN3O. The van der Waals surface area contributed by atoms with E-state index in [4.69, 9.17) is 11.6 Å². The second kappa shape index (κ2) is 7.12. The summed E-state index contributed by atoms with van der Waals surface area (Å²) in [4.78, 5) is 18.7.